The number of benzene rings is 2. The van der Waals surface area contributed by atoms with E-state index in [4.69, 9.17) is 12.2 Å². The molecule has 1 fully saturated rings. The maximum absolute atomic E-state index is 12.5. The van der Waals surface area contributed by atoms with Gasteiger partial charge in [0.1, 0.15) is 9.57 Å². The number of carbonyl (C=O) groups excluding carboxylic acids is 2. The van der Waals surface area contributed by atoms with Crippen LogP contribution in [0.4, 0.5) is 11.4 Å². The second-order valence-corrected chi connectivity index (χ2v) is 6.87. The van der Waals surface area contributed by atoms with Crippen molar-refractivity contribution in [3.63, 3.8) is 0 Å². The minimum atomic E-state index is -0.480. The SMILES string of the molecule is O=C1CC(SC(=S)Nc2ccccc2)C(=O)N1c1ccccc1. The van der Waals surface area contributed by atoms with Crippen molar-refractivity contribution in [1.82, 2.24) is 0 Å². The Morgan fingerprint density at radius 1 is 1.04 bits per heavy atom. The van der Waals surface area contributed by atoms with Crippen LogP contribution in [-0.4, -0.2) is 21.4 Å². The smallest absolute Gasteiger partial charge is 0.247 e. The molecule has 1 aliphatic rings. The van der Waals surface area contributed by atoms with Crippen molar-refractivity contribution < 1.29 is 9.59 Å². The average molecular weight is 342 g/mol. The number of thioether (sulfide) groups is 1. The van der Waals surface area contributed by atoms with Gasteiger partial charge in [-0.25, -0.2) is 4.90 Å². The predicted octanol–water partition coefficient (Wildman–Crippen LogP) is 3.45. The number of carbonyl (C=O) groups is 2. The van der Waals surface area contributed by atoms with Crippen molar-refractivity contribution in [2.24, 2.45) is 0 Å². The number of hydrogen-bond donors (Lipinski definition) is 1. The van der Waals surface area contributed by atoms with Gasteiger partial charge in [-0.2, -0.15) is 0 Å². The van der Waals surface area contributed by atoms with Gasteiger partial charge in [0.25, 0.3) is 0 Å². The Balaban J connectivity index is 1.67. The summed E-state index contributed by atoms with van der Waals surface area (Å²) in [7, 11) is 0. The Labute approximate surface area is 143 Å². The fourth-order valence-corrected chi connectivity index (χ4v) is 3.68. The first-order valence-electron chi connectivity index (χ1n) is 7.09. The average Bonchev–Trinajstić information content (AvgIpc) is 2.83. The molecule has 1 heterocycles. The van der Waals surface area contributed by atoms with Crippen LogP contribution in [0.1, 0.15) is 6.42 Å². The summed E-state index contributed by atoms with van der Waals surface area (Å²) < 4.78 is 0.484. The standard InChI is InChI=1S/C17H14N2O2S2/c20-15-11-14(16(21)19(15)13-9-5-2-6-10-13)23-17(22)18-12-7-3-1-4-8-12/h1-10,14H,11H2,(H,18,22). The highest BCUT2D eigenvalue weighted by Crippen LogP contribution is 2.30. The van der Waals surface area contributed by atoms with Crippen molar-refractivity contribution in [3.8, 4) is 0 Å². The van der Waals surface area contributed by atoms with Gasteiger partial charge >= 0.3 is 0 Å². The van der Waals surface area contributed by atoms with Gasteiger partial charge in [0, 0.05) is 12.1 Å². The molecular formula is C17H14N2O2S2. The first-order valence-corrected chi connectivity index (χ1v) is 8.38. The number of hydrogen-bond acceptors (Lipinski definition) is 4. The number of rotatable bonds is 3. The molecule has 23 heavy (non-hydrogen) atoms. The topological polar surface area (TPSA) is 49.4 Å². The van der Waals surface area contributed by atoms with Gasteiger partial charge in [0.2, 0.25) is 11.8 Å². The molecule has 3 rings (SSSR count). The Morgan fingerprint density at radius 2 is 1.65 bits per heavy atom. The fraction of sp³-hybridized carbons (Fsp3) is 0.118. The second kappa shape index (κ2) is 6.93. The summed E-state index contributed by atoms with van der Waals surface area (Å²) in [6.45, 7) is 0. The lowest BCUT2D eigenvalue weighted by atomic mass is 10.3. The summed E-state index contributed by atoms with van der Waals surface area (Å²) in [6.07, 6.45) is 0.162. The third kappa shape index (κ3) is 3.60. The molecule has 0 aliphatic carbocycles. The first kappa shape index (κ1) is 15.7. The molecule has 1 N–H and O–H groups in total. The van der Waals surface area contributed by atoms with E-state index in [0.717, 1.165) is 5.69 Å². The van der Waals surface area contributed by atoms with Crippen LogP contribution in [0, 0.1) is 0 Å². The van der Waals surface area contributed by atoms with Crippen molar-refractivity contribution in [1.29, 1.82) is 0 Å². The molecule has 2 amide bonds. The molecule has 0 bridgehead atoms. The second-order valence-electron chi connectivity index (χ2n) is 4.99. The van der Waals surface area contributed by atoms with Crippen LogP contribution >= 0.6 is 24.0 Å². The quantitative estimate of drug-likeness (QED) is 0.684. The Morgan fingerprint density at radius 3 is 2.30 bits per heavy atom. The lowest BCUT2D eigenvalue weighted by molar-refractivity contribution is -0.121. The van der Waals surface area contributed by atoms with Gasteiger partial charge < -0.3 is 5.32 Å². The molecule has 0 radical (unpaired) electrons. The number of para-hydroxylation sites is 2. The first-order chi connectivity index (χ1) is 11.1. The number of thiocarbonyl (C=S) groups is 1. The van der Waals surface area contributed by atoms with E-state index in [1.807, 2.05) is 36.4 Å². The van der Waals surface area contributed by atoms with E-state index >= 15 is 0 Å². The van der Waals surface area contributed by atoms with Crippen LogP contribution in [0.15, 0.2) is 60.7 Å². The summed E-state index contributed by atoms with van der Waals surface area (Å²) in [4.78, 5) is 25.9. The predicted molar refractivity (Wildman–Crippen MR) is 97.6 cm³/mol. The van der Waals surface area contributed by atoms with Crippen LogP contribution in [0.25, 0.3) is 0 Å². The Hall–Kier alpha value is -2.18. The highest BCUT2D eigenvalue weighted by Gasteiger charge is 2.40. The minimum absolute atomic E-state index is 0.162. The van der Waals surface area contributed by atoms with Crippen molar-refractivity contribution in [3.05, 3.63) is 60.7 Å². The van der Waals surface area contributed by atoms with E-state index < -0.39 is 5.25 Å². The van der Waals surface area contributed by atoms with E-state index in [-0.39, 0.29) is 18.2 Å². The number of amides is 2. The third-order valence-corrected chi connectivity index (χ3v) is 4.75. The molecule has 0 aromatic heterocycles. The Bertz CT molecular complexity index is 735. The van der Waals surface area contributed by atoms with Gasteiger partial charge in [-0.1, -0.05) is 60.4 Å². The highest BCUT2D eigenvalue weighted by molar-refractivity contribution is 8.24. The molecule has 2 aromatic carbocycles. The van der Waals surface area contributed by atoms with Crippen LogP contribution in [0.3, 0.4) is 0 Å². The van der Waals surface area contributed by atoms with Crippen molar-refractivity contribution in [2.45, 2.75) is 11.7 Å². The number of anilines is 2. The van der Waals surface area contributed by atoms with E-state index in [2.05, 4.69) is 5.32 Å². The molecule has 116 valence electrons. The summed E-state index contributed by atoms with van der Waals surface area (Å²) in [5.74, 6) is -0.412. The monoisotopic (exact) mass is 342 g/mol. The summed E-state index contributed by atoms with van der Waals surface area (Å²) in [5, 5.41) is 2.59. The molecule has 1 saturated heterocycles. The fourth-order valence-electron chi connectivity index (χ4n) is 2.34. The lowest BCUT2D eigenvalue weighted by Gasteiger charge is -2.15. The van der Waals surface area contributed by atoms with E-state index in [9.17, 15) is 9.59 Å². The maximum atomic E-state index is 12.5. The van der Waals surface area contributed by atoms with Gasteiger partial charge in [-0.05, 0) is 24.3 Å². The maximum Gasteiger partial charge on any atom is 0.247 e. The molecule has 1 atom stereocenters. The minimum Gasteiger partial charge on any atom is -0.341 e. The van der Waals surface area contributed by atoms with E-state index in [1.165, 1.54) is 16.7 Å². The van der Waals surface area contributed by atoms with E-state index in [0.29, 0.717) is 10.0 Å². The van der Waals surface area contributed by atoms with Crippen LogP contribution < -0.4 is 10.2 Å². The van der Waals surface area contributed by atoms with E-state index in [1.54, 1.807) is 24.3 Å². The summed E-state index contributed by atoms with van der Waals surface area (Å²) >= 11 is 6.51. The molecule has 2 aromatic rings. The highest BCUT2D eigenvalue weighted by atomic mass is 32.2. The van der Waals surface area contributed by atoms with Crippen molar-refractivity contribution >= 4 is 51.5 Å². The normalized spacial score (nSPS) is 17.4. The Kier molecular flexibility index (Phi) is 4.73. The zero-order valence-electron chi connectivity index (χ0n) is 12.1. The van der Waals surface area contributed by atoms with Crippen LogP contribution in [-0.2, 0) is 9.59 Å². The molecule has 1 unspecified atom stereocenters. The third-order valence-electron chi connectivity index (χ3n) is 3.39. The van der Waals surface area contributed by atoms with Crippen LogP contribution in [0.2, 0.25) is 0 Å². The molecule has 4 nitrogen and oxygen atoms in total. The van der Waals surface area contributed by atoms with Gasteiger partial charge in [0.15, 0.2) is 0 Å². The van der Waals surface area contributed by atoms with Crippen LogP contribution in [0.5, 0.6) is 0 Å². The molecule has 1 aliphatic heterocycles. The van der Waals surface area contributed by atoms with Gasteiger partial charge in [-0.15, -0.1) is 0 Å². The summed E-state index contributed by atoms with van der Waals surface area (Å²) in [6, 6.07) is 18.5. The number of nitrogens with one attached hydrogen (secondary N) is 1. The zero-order valence-corrected chi connectivity index (χ0v) is 13.8. The molecule has 6 heteroatoms. The largest absolute Gasteiger partial charge is 0.341 e. The van der Waals surface area contributed by atoms with Crippen molar-refractivity contribution in [2.75, 3.05) is 10.2 Å². The number of nitrogens with zero attached hydrogens (tertiary/aromatic N) is 1. The number of imide groups is 1. The van der Waals surface area contributed by atoms with Gasteiger partial charge in [0.05, 0.1) is 5.69 Å². The molecule has 0 spiro atoms. The zero-order chi connectivity index (χ0) is 16.2. The lowest BCUT2D eigenvalue weighted by Crippen LogP contribution is -2.31. The summed E-state index contributed by atoms with van der Waals surface area (Å²) in [5.41, 5.74) is 1.47. The molecule has 0 saturated carbocycles. The van der Waals surface area contributed by atoms with Gasteiger partial charge in [-0.3, -0.25) is 9.59 Å². The molecular weight excluding hydrogens is 328 g/mol.